The third kappa shape index (κ3) is 13.7. The molecule has 0 radical (unpaired) electrons. The Morgan fingerprint density at radius 2 is 1.96 bits per heavy atom. The van der Waals surface area contributed by atoms with Gasteiger partial charge in [0.05, 0.1) is 12.3 Å². The second kappa shape index (κ2) is 16.6. The van der Waals surface area contributed by atoms with Crippen LogP contribution in [0.1, 0.15) is 59.1 Å². The fraction of sp³-hybridized carbons (Fsp3) is 0.650. The summed E-state index contributed by atoms with van der Waals surface area (Å²) in [6.07, 6.45) is 9.24. The molecule has 1 N–H and O–H groups in total. The van der Waals surface area contributed by atoms with Gasteiger partial charge >= 0.3 is 0 Å². The molecule has 0 saturated carbocycles. The third-order valence-electron chi connectivity index (χ3n) is 3.56. The van der Waals surface area contributed by atoms with E-state index in [1.807, 2.05) is 17.8 Å². The van der Waals surface area contributed by atoms with Crippen molar-refractivity contribution in [2.75, 3.05) is 13.2 Å². The largest absolute Gasteiger partial charge is 0.468 e. The lowest BCUT2D eigenvalue weighted by Gasteiger charge is -2.01. The van der Waals surface area contributed by atoms with Gasteiger partial charge < -0.3 is 10.1 Å². The number of unbranched alkanes of at least 4 members (excludes halogenated alkanes) is 1. The molecule has 0 aliphatic carbocycles. The molecule has 1 amide bonds. The number of ether oxygens (including phenoxy) is 1. The molecule has 158 valence electrons. The van der Waals surface area contributed by atoms with E-state index < -0.39 is 0 Å². The predicted molar refractivity (Wildman–Crippen MR) is 108 cm³/mol. The van der Waals surface area contributed by atoms with Crippen LogP contribution < -0.4 is 5.32 Å². The average Bonchev–Trinajstić information content (AvgIpc) is 3.12. The van der Waals surface area contributed by atoms with E-state index >= 15 is 0 Å². The molecule has 8 nitrogen and oxygen atoms in total. The summed E-state index contributed by atoms with van der Waals surface area (Å²) < 4.78 is 6.16. The Hall–Kier alpha value is -2.51. The van der Waals surface area contributed by atoms with E-state index in [-0.39, 0.29) is 17.6 Å². The highest BCUT2D eigenvalue weighted by Crippen LogP contribution is 2.01. The maximum absolute atomic E-state index is 11.5. The van der Waals surface area contributed by atoms with Gasteiger partial charge in [-0.2, -0.15) is 0 Å². The zero-order valence-corrected chi connectivity index (χ0v) is 17.5. The van der Waals surface area contributed by atoms with Gasteiger partial charge in [-0.25, -0.2) is 0 Å². The second-order valence-electron chi connectivity index (χ2n) is 6.58. The van der Waals surface area contributed by atoms with Crippen molar-refractivity contribution in [3.05, 3.63) is 24.0 Å². The number of nitrogens with zero attached hydrogens (tertiary/aromatic N) is 3. The Labute approximate surface area is 167 Å². The number of aromatic nitrogens is 3. The summed E-state index contributed by atoms with van der Waals surface area (Å²) in [6, 6.07) is 0. The number of ketones is 1. The fourth-order valence-electron chi connectivity index (χ4n) is 2.01. The molecule has 0 saturated heterocycles. The molecule has 0 aromatic carbocycles. The normalized spacial score (nSPS) is 10.5. The Bertz CT molecular complexity index is 597. The molecular formula is C20H34N4O4. The Kier molecular flexibility index (Phi) is 15.2. The van der Waals surface area contributed by atoms with Crippen LogP contribution in [0.4, 0.5) is 0 Å². The molecule has 0 spiro atoms. The standard InChI is InChI=1S/C16H26N4O2.C4H8O2/c1-4-11-20-12-14(18-19-20)7-5-6-10-17-16(22)9-8-15(21)13(2)3;1-2-3-6-4-5/h8-9,12-13H,4-7,10-11H2,1-3H3,(H,17,22);4H,2-3H2,1H3/b9-8+;. The van der Waals surface area contributed by atoms with Gasteiger partial charge in [-0.3, -0.25) is 19.1 Å². The smallest absolute Gasteiger partial charge is 0.293 e. The zero-order chi connectivity index (χ0) is 21.2. The minimum absolute atomic E-state index is 0.0367. The van der Waals surface area contributed by atoms with Crippen molar-refractivity contribution < 1.29 is 19.1 Å². The number of allylic oxidation sites excluding steroid dienone is 1. The quantitative estimate of drug-likeness (QED) is 0.313. The first-order valence-electron chi connectivity index (χ1n) is 9.88. The summed E-state index contributed by atoms with van der Waals surface area (Å²) in [6.45, 7) is 10.2. The van der Waals surface area contributed by atoms with Crippen LogP contribution in [-0.2, 0) is 32.1 Å². The van der Waals surface area contributed by atoms with Crippen molar-refractivity contribution in [1.29, 1.82) is 0 Å². The molecule has 1 aromatic heterocycles. The van der Waals surface area contributed by atoms with E-state index in [9.17, 15) is 14.4 Å². The summed E-state index contributed by atoms with van der Waals surface area (Å²) in [7, 11) is 0. The number of amides is 1. The van der Waals surface area contributed by atoms with Crippen molar-refractivity contribution >= 4 is 18.2 Å². The van der Waals surface area contributed by atoms with Crippen LogP contribution in [0.5, 0.6) is 0 Å². The van der Waals surface area contributed by atoms with E-state index in [0.717, 1.165) is 44.3 Å². The van der Waals surface area contributed by atoms with E-state index in [4.69, 9.17) is 0 Å². The number of carbonyl (C=O) groups excluding carboxylic acids is 3. The first-order chi connectivity index (χ1) is 13.4. The number of rotatable bonds is 13. The number of hydrogen-bond donors (Lipinski definition) is 1. The highest BCUT2D eigenvalue weighted by atomic mass is 16.5. The summed E-state index contributed by atoms with van der Waals surface area (Å²) in [5.41, 5.74) is 0.988. The van der Waals surface area contributed by atoms with Gasteiger partial charge in [0, 0.05) is 31.3 Å². The molecule has 0 atom stereocenters. The van der Waals surface area contributed by atoms with Crippen LogP contribution in [0, 0.1) is 5.92 Å². The van der Waals surface area contributed by atoms with E-state index in [0.29, 0.717) is 19.6 Å². The van der Waals surface area contributed by atoms with Gasteiger partial charge in [-0.05, 0) is 38.2 Å². The van der Waals surface area contributed by atoms with Gasteiger partial charge in [-0.15, -0.1) is 5.10 Å². The molecule has 0 aliphatic heterocycles. The van der Waals surface area contributed by atoms with Crippen molar-refractivity contribution in [2.24, 2.45) is 5.92 Å². The Morgan fingerprint density at radius 1 is 1.21 bits per heavy atom. The maximum atomic E-state index is 11.5. The molecule has 1 aromatic rings. The molecule has 1 heterocycles. The molecule has 8 heteroatoms. The molecule has 0 bridgehead atoms. The minimum atomic E-state index is -0.220. The van der Waals surface area contributed by atoms with Crippen LogP contribution in [0.25, 0.3) is 0 Å². The summed E-state index contributed by atoms with van der Waals surface area (Å²) >= 11 is 0. The van der Waals surface area contributed by atoms with Gasteiger partial charge in [-0.1, -0.05) is 32.9 Å². The minimum Gasteiger partial charge on any atom is -0.468 e. The SMILES string of the molecule is CCCOC=O.CCCn1cc(CCCCNC(=O)/C=C/C(=O)C(C)C)nn1. The fourth-order valence-corrected chi connectivity index (χ4v) is 2.01. The Morgan fingerprint density at radius 3 is 2.54 bits per heavy atom. The van der Waals surface area contributed by atoms with Crippen molar-refractivity contribution in [3.8, 4) is 0 Å². The van der Waals surface area contributed by atoms with Gasteiger partial charge in [0.2, 0.25) is 5.91 Å². The van der Waals surface area contributed by atoms with Crippen molar-refractivity contribution in [1.82, 2.24) is 20.3 Å². The number of nitrogens with one attached hydrogen (secondary N) is 1. The van der Waals surface area contributed by atoms with E-state index in [2.05, 4.69) is 27.3 Å². The first-order valence-corrected chi connectivity index (χ1v) is 9.88. The summed E-state index contributed by atoms with van der Waals surface area (Å²) in [5.74, 6) is -0.335. The van der Waals surface area contributed by atoms with Crippen LogP contribution in [-0.4, -0.2) is 46.3 Å². The Balaban J connectivity index is 0.00000105. The predicted octanol–water partition coefficient (Wildman–Crippen LogP) is 2.48. The summed E-state index contributed by atoms with van der Waals surface area (Å²) in [4.78, 5) is 32.2. The summed E-state index contributed by atoms with van der Waals surface area (Å²) in [5, 5.41) is 10.9. The van der Waals surface area contributed by atoms with Gasteiger partial charge in [0.1, 0.15) is 0 Å². The monoisotopic (exact) mass is 394 g/mol. The average molecular weight is 395 g/mol. The molecule has 0 aliphatic rings. The molecular weight excluding hydrogens is 360 g/mol. The molecule has 28 heavy (non-hydrogen) atoms. The van der Waals surface area contributed by atoms with Crippen molar-refractivity contribution in [3.63, 3.8) is 0 Å². The van der Waals surface area contributed by atoms with Gasteiger partial charge in [0.15, 0.2) is 5.78 Å². The van der Waals surface area contributed by atoms with Crippen LogP contribution in [0.3, 0.4) is 0 Å². The van der Waals surface area contributed by atoms with E-state index in [1.54, 1.807) is 13.8 Å². The lowest BCUT2D eigenvalue weighted by Crippen LogP contribution is -2.22. The lowest BCUT2D eigenvalue weighted by atomic mass is 10.1. The zero-order valence-electron chi connectivity index (χ0n) is 17.5. The van der Waals surface area contributed by atoms with Crippen molar-refractivity contribution in [2.45, 2.75) is 66.3 Å². The van der Waals surface area contributed by atoms with Crippen LogP contribution in [0.2, 0.25) is 0 Å². The second-order valence-corrected chi connectivity index (χ2v) is 6.58. The first kappa shape index (κ1) is 25.5. The topological polar surface area (TPSA) is 103 Å². The van der Waals surface area contributed by atoms with Crippen LogP contribution >= 0.6 is 0 Å². The van der Waals surface area contributed by atoms with Crippen LogP contribution in [0.15, 0.2) is 18.3 Å². The third-order valence-corrected chi connectivity index (χ3v) is 3.56. The molecule has 0 unspecified atom stereocenters. The highest BCUT2D eigenvalue weighted by molar-refractivity contribution is 5.98. The molecule has 1 rings (SSSR count). The highest BCUT2D eigenvalue weighted by Gasteiger charge is 2.03. The number of aryl methyl sites for hydroxylation is 2. The number of carbonyl (C=O) groups is 3. The maximum Gasteiger partial charge on any atom is 0.293 e. The molecule has 0 fully saturated rings. The van der Waals surface area contributed by atoms with E-state index in [1.165, 1.54) is 12.2 Å². The lowest BCUT2D eigenvalue weighted by molar-refractivity contribution is -0.128. The number of hydrogen-bond acceptors (Lipinski definition) is 6. The van der Waals surface area contributed by atoms with Gasteiger partial charge in [0.25, 0.3) is 6.47 Å².